The zero-order chi connectivity index (χ0) is 20.1. The van der Waals surface area contributed by atoms with Crippen LogP contribution in [0.15, 0.2) is 42.5 Å². The van der Waals surface area contributed by atoms with Crippen molar-refractivity contribution in [1.82, 2.24) is 0 Å². The molecule has 0 aliphatic rings. The van der Waals surface area contributed by atoms with Crippen molar-refractivity contribution in [3.63, 3.8) is 0 Å². The molecule has 2 rings (SSSR count). The van der Waals surface area contributed by atoms with Gasteiger partial charge in [-0.2, -0.15) is 0 Å². The van der Waals surface area contributed by atoms with Crippen LogP contribution in [0.2, 0.25) is 0 Å². The average Bonchev–Trinajstić information content (AvgIpc) is 2.57. The normalized spacial score (nSPS) is 12.1. The Labute approximate surface area is 162 Å². The maximum absolute atomic E-state index is 13.9. The molecule has 0 unspecified atom stereocenters. The SMILES string of the molecule is COc1cccc(C[NH2+]C(C)(C)CC(C)(C)C)c1OCc1ccccc1F. The fourth-order valence-corrected chi connectivity index (χ4v) is 3.64. The van der Waals surface area contributed by atoms with Crippen LogP contribution in [0, 0.1) is 11.2 Å². The van der Waals surface area contributed by atoms with Crippen LogP contribution in [0.5, 0.6) is 11.5 Å². The van der Waals surface area contributed by atoms with E-state index in [2.05, 4.69) is 39.9 Å². The first-order valence-electron chi connectivity index (χ1n) is 9.48. The zero-order valence-corrected chi connectivity index (χ0v) is 17.4. The summed E-state index contributed by atoms with van der Waals surface area (Å²) in [4.78, 5) is 0. The molecule has 0 saturated carbocycles. The minimum atomic E-state index is -0.258. The Bertz CT molecular complexity index is 750. The number of hydrogen-bond donors (Lipinski definition) is 1. The van der Waals surface area contributed by atoms with Crippen molar-refractivity contribution in [2.75, 3.05) is 7.11 Å². The molecule has 0 amide bonds. The molecule has 0 bridgehead atoms. The van der Waals surface area contributed by atoms with E-state index in [0.29, 0.717) is 17.1 Å². The molecule has 0 aromatic heterocycles. The predicted octanol–water partition coefficient (Wildman–Crippen LogP) is 4.69. The van der Waals surface area contributed by atoms with Gasteiger partial charge in [0.2, 0.25) is 0 Å². The van der Waals surface area contributed by atoms with Gasteiger partial charge in [0, 0.05) is 12.0 Å². The van der Waals surface area contributed by atoms with E-state index < -0.39 is 0 Å². The summed E-state index contributed by atoms with van der Waals surface area (Å²) >= 11 is 0. The maximum atomic E-state index is 13.9. The van der Waals surface area contributed by atoms with Crippen molar-refractivity contribution < 1.29 is 19.2 Å². The molecule has 3 nitrogen and oxygen atoms in total. The Morgan fingerprint density at radius 3 is 2.22 bits per heavy atom. The highest BCUT2D eigenvalue weighted by molar-refractivity contribution is 5.46. The molecule has 148 valence electrons. The number of nitrogens with two attached hydrogens (primary N) is 1. The van der Waals surface area contributed by atoms with Gasteiger partial charge in [-0.25, -0.2) is 4.39 Å². The number of rotatable bonds is 8. The smallest absolute Gasteiger partial charge is 0.170 e. The van der Waals surface area contributed by atoms with Gasteiger partial charge in [0.15, 0.2) is 11.5 Å². The second-order valence-electron chi connectivity index (χ2n) is 8.96. The van der Waals surface area contributed by atoms with E-state index in [1.54, 1.807) is 19.2 Å². The second kappa shape index (κ2) is 8.75. The van der Waals surface area contributed by atoms with Crippen LogP contribution < -0.4 is 14.8 Å². The van der Waals surface area contributed by atoms with E-state index >= 15 is 0 Å². The van der Waals surface area contributed by atoms with Crippen molar-refractivity contribution in [1.29, 1.82) is 0 Å². The van der Waals surface area contributed by atoms with Crippen molar-refractivity contribution in [3.8, 4) is 11.5 Å². The van der Waals surface area contributed by atoms with Crippen LogP contribution in [0.3, 0.4) is 0 Å². The first-order valence-corrected chi connectivity index (χ1v) is 9.48. The first-order chi connectivity index (χ1) is 12.6. The van der Waals surface area contributed by atoms with E-state index in [1.165, 1.54) is 6.07 Å². The summed E-state index contributed by atoms with van der Waals surface area (Å²) in [5, 5.41) is 2.34. The molecule has 0 radical (unpaired) electrons. The topological polar surface area (TPSA) is 35.1 Å². The predicted molar refractivity (Wildman–Crippen MR) is 108 cm³/mol. The quantitative estimate of drug-likeness (QED) is 0.727. The maximum Gasteiger partial charge on any atom is 0.170 e. The lowest BCUT2D eigenvalue weighted by Crippen LogP contribution is -2.94. The Morgan fingerprint density at radius 2 is 1.59 bits per heavy atom. The highest BCUT2D eigenvalue weighted by Gasteiger charge is 2.28. The monoisotopic (exact) mass is 374 g/mol. The van der Waals surface area contributed by atoms with Gasteiger partial charge in [-0.15, -0.1) is 0 Å². The summed E-state index contributed by atoms with van der Waals surface area (Å²) in [7, 11) is 1.63. The number of ether oxygens (including phenoxy) is 2. The molecule has 0 aliphatic carbocycles. The number of benzene rings is 2. The molecule has 2 N–H and O–H groups in total. The van der Waals surface area contributed by atoms with E-state index in [4.69, 9.17) is 9.47 Å². The van der Waals surface area contributed by atoms with Gasteiger partial charge in [-0.3, -0.25) is 0 Å². The van der Waals surface area contributed by atoms with Gasteiger partial charge in [-0.1, -0.05) is 45.0 Å². The second-order valence-corrected chi connectivity index (χ2v) is 8.96. The van der Waals surface area contributed by atoms with Crippen LogP contribution in [-0.2, 0) is 13.2 Å². The third-order valence-corrected chi connectivity index (χ3v) is 4.47. The lowest BCUT2D eigenvalue weighted by Gasteiger charge is -2.30. The number of hydrogen-bond acceptors (Lipinski definition) is 2. The van der Waals surface area contributed by atoms with E-state index in [0.717, 1.165) is 18.5 Å². The summed E-state index contributed by atoms with van der Waals surface area (Å²) in [6, 6.07) is 12.6. The van der Waals surface area contributed by atoms with Crippen LogP contribution in [0.4, 0.5) is 4.39 Å². The molecule has 0 saturated heterocycles. The van der Waals surface area contributed by atoms with Crippen LogP contribution in [0.25, 0.3) is 0 Å². The molecule has 0 atom stereocenters. The molecule has 4 heteroatoms. The van der Waals surface area contributed by atoms with Gasteiger partial charge in [0.25, 0.3) is 0 Å². The summed E-state index contributed by atoms with van der Waals surface area (Å²) in [5.41, 5.74) is 1.95. The number of methoxy groups -OCH3 is 1. The van der Waals surface area contributed by atoms with Crippen LogP contribution in [0.1, 0.15) is 52.2 Å². The minimum Gasteiger partial charge on any atom is -0.493 e. The fourth-order valence-electron chi connectivity index (χ4n) is 3.64. The Hall–Kier alpha value is -2.07. The van der Waals surface area contributed by atoms with E-state index in [-0.39, 0.29) is 23.4 Å². The Kier molecular flexibility index (Phi) is 6.88. The number of halogens is 1. The van der Waals surface area contributed by atoms with Crippen molar-refractivity contribution >= 4 is 0 Å². The van der Waals surface area contributed by atoms with Gasteiger partial charge >= 0.3 is 0 Å². The largest absolute Gasteiger partial charge is 0.493 e. The molecule has 0 spiro atoms. The lowest BCUT2D eigenvalue weighted by atomic mass is 9.82. The average molecular weight is 375 g/mol. The molecule has 0 heterocycles. The zero-order valence-electron chi connectivity index (χ0n) is 17.4. The molecular formula is C23H33FNO2+. The van der Waals surface area contributed by atoms with Gasteiger partial charge in [-0.05, 0) is 37.5 Å². The van der Waals surface area contributed by atoms with Crippen molar-refractivity contribution in [3.05, 3.63) is 59.4 Å². The summed E-state index contributed by atoms with van der Waals surface area (Å²) < 4.78 is 25.4. The Balaban J connectivity index is 2.16. The molecule has 2 aromatic rings. The standard InChI is InChI=1S/C23H32FNO2/c1-22(2,3)16-23(4,5)25-14-17-11-9-13-20(26-6)21(17)27-15-18-10-7-8-12-19(18)24/h7-13,25H,14-16H2,1-6H3/p+1. The summed E-state index contributed by atoms with van der Waals surface area (Å²) in [5.74, 6) is 1.10. The third kappa shape index (κ3) is 6.55. The molecule has 2 aromatic carbocycles. The Morgan fingerprint density at radius 1 is 0.926 bits per heavy atom. The fraction of sp³-hybridized carbons (Fsp3) is 0.478. The van der Waals surface area contributed by atoms with Crippen LogP contribution in [-0.4, -0.2) is 12.6 Å². The summed E-state index contributed by atoms with van der Waals surface area (Å²) in [6.07, 6.45) is 1.09. The van der Waals surface area contributed by atoms with Crippen LogP contribution >= 0.6 is 0 Å². The molecular weight excluding hydrogens is 341 g/mol. The third-order valence-electron chi connectivity index (χ3n) is 4.47. The molecule has 27 heavy (non-hydrogen) atoms. The molecule has 0 aliphatic heterocycles. The molecule has 0 fully saturated rings. The number of para-hydroxylation sites is 1. The highest BCUT2D eigenvalue weighted by Crippen LogP contribution is 2.32. The van der Waals surface area contributed by atoms with Gasteiger partial charge in [0.05, 0.1) is 18.2 Å². The van der Waals surface area contributed by atoms with E-state index in [1.807, 2.05) is 24.3 Å². The van der Waals surface area contributed by atoms with Gasteiger partial charge in [0.1, 0.15) is 19.0 Å². The number of quaternary nitrogens is 1. The van der Waals surface area contributed by atoms with Crippen molar-refractivity contribution in [2.24, 2.45) is 5.41 Å². The lowest BCUT2D eigenvalue weighted by molar-refractivity contribution is -0.737. The van der Waals surface area contributed by atoms with Gasteiger partial charge < -0.3 is 14.8 Å². The summed E-state index contributed by atoms with van der Waals surface area (Å²) in [6.45, 7) is 12.3. The highest BCUT2D eigenvalue weighted by atomic mass is 19.1. The van der Waals surface area contributed by atoms with E-state index in [9.17, 15) is 4.39 Å². The van der Waals surface area contributed by atoms with Crippen molar-refractivity contribution in [2.45, 2.75) is 59.7 Å². The minimum absolute atomic E-state index is 0.101. The first kappa shape index (κ1) is 21.2.